The van der Waals surface area contributed by atoms with E-state index in [2.05, 4.69) is 0 Å². The van der Waals surface area contributed by atoms with E-state index in [4.69, 9.17) is 0 Å². The van der Waals surface area contributed by atoms with Crippen molar-refractivity contribution in [2.45, 2.75) is 0 Å². The Balaban J connectivity index is 2.08. The maximum Gasteiger partial charge on any atom is 0.227 e. The normalized spacial score (nSPS) is 14.1. The van der Waals surface area contributed by atoms with Gasteiger partial charge in [0.2, 0.25) is 12.3 Å². The lowest BCUT2D eigenvalue weighted by atomic mass is 10.1. The van der Waals surface area contributed by atoms with Crippen molar-refractivity contribution < 1.29 is 14.2 Å². The minimum absolute atomic E-state index is 0.0439. The van der Waals surface area contributed by atoms with Crippen LogP contribution in [0.1, 0.15) is 10.4 Å². The Morgan fingerprint density at radius 3 is 2.76 bits per heavy atom. The molecule has 0 atom stereocenters. The van der Waals surface area contributed by atoms with Crippen molar-refractivity contribution in [3.63, 3.8) is 0 Å². The fourth-order valence-electron chi connectivity index (χ4n) is 1.68. The molecule has 3 nitrogen and oxygen atoms in total. The highest BCUT2D eigenvalue weighted by Gasteiger charge is 2.16. The van der Waals surface area contributed by atoms with Gasteiger partial charge in [-0.25, -0.2) is 9.37 Å². The van der Waals surface area contributed by atoms with Crippen molar-refractivity contribution in [1.82, 2.24) is 0 Å². The minimum Gasteiger partial charge on any atom is -0.287 e. The Bertz CT molecular complexity index is 535. The lowest BCUT2D eigenvalue weighted by Crippen LogP contribution is -2.25. The first kappa shape index (κ1) is 11.2. The van der Waals surface area contributed by atoms with Gasteiger partial charge in [0.05, 0.1) is 0 Å². The summed E-state index contributed by atoms with van der Waals surface area (Å²) >= 11 is 0. The predicted molar refractivity (Wildman–Crippen MR) is 65.2 cm³/mol. The van der Waals surface area contributed by atoms with Crippen LogP contribution in [0.2, 0.25) is 0 Å². The molecule has 1 aliphatic rings. The van der Waals surface area contributed by atoms with E-state index in [0.29, 0.717) is 17.7 Å². The van der Waals surface area contributed by atoms with Gasteiger partial charge < -0.3 is 0 Å². The minimum atomic E-state index is 0.0439. The standard InChI is InChI=1S/C14H12NO2/c16-11-12-5-4-8-15(9-12)10-14(17)13-6-2-1-3-7-13/h1-8H,9-10H2/q+1. The zero-order chi connectivity index (χ0) is 12.1. The second kappa shape index (κ2) is 5.19. The highest BCUT2D eigenvalue weighted by atomic mass is 16.1. The average molecular weight is 226 g/mol. The summed E-state index contributed by atoms with van der Waals surface area (Å²) in [6.45, 7) is 0.720. The molecule has 0 saturated heterocycles. The lowest BCUT2D eigenvalue weighted by Gasteiger charge is -2.04. The number of hydrogen-bond donors (Lipinski definition) is 0. The molecule has 0 spiro atoms. The molecule has 0 aromatic heterocycles. The monoisotopic (exact) mass is 226 g/mol. The molecular weight excluding hydrogens is 214 g/mol. The van der Waals surface area contributed by atoms with Gasteiger partial charge in [0.25, 0.3) is 0 Å². The molecule has 17 heavy (non-hydrogen) atoms. The molecule has 84 valence electrons. The Kier molecular flexibility index (Phi) is 3.43. The molecule has 0 bridgehead atoms. The molecule has 1 aromatic rings. The van der Waals surface area contributed by atoms with Crippen LogP contribution < -0.4 is 0 Å². The number of carbonyl (C=O) groups excluding carboxylic acids is 2. The Labute approximate surface area is 99.4 Å². The maximum atomic E-state index is 11.9. The third kappa shape index (κ3) is 2.86. The van der Waals surface area contributed by atoms with E-state index in [9.17, 15) is 9.59 Å². The van der Waals surface area contributed by atoms with E-state index in [0.717, 1.165) is 0 Å². The lowest BCUT2D eigenvalue weighted by molar-refractivity contribution is -0.501. The van der Waals surface area contributed by atoms with Gasteiger partial charge in [0, 0.05) is 11.6 Å². The number of benzene rings is 1. The van der Waals surface area contributed by atoms with E-state index >= 15 is 0 Å². The van der Waals surface area contributed by atoms with Crippen molar-refractivity contribution >= 4 is 17.9 Å². The number of nitrogens with zero attached hydrogens (tertiary/aromatic N) is 1. The summed E-state index contributed by atoms with van der Waals surface area (Å²) in [7, 11) is 0. The molecule has 1 heterocycles. The molecule has 0 unspecified atom stereocenters. The van der Waals surface area contributed by atoms with Crippen LogP contribution in [0, 0.1) is 0 Å². The van der Waals surface area contributed by atoms with Gasteiger partial charge in [-0.15, -0.1) is 0 Å². The second-order valence-electron chi connectivity index (χ2n) is 3.83. The smallest absolute Gasteiger partial charge is 0.227 e. The van der Waals surface area contributed by atoms with Gasteiger partial charge in [0.1, 0.15) is 11.5 Å². The van der Waals surface area contributed by atoms with Crippen molar-refractivity contribution in [1.29, 1.82) is 0 Å². The van der Waals surface area contributed by atoms with Crippen molar-refractivity contribution in [2.75, 3.05) is 13.1 Å². The van der Waals surface area contributed by atoms with Gasteiger partial charge in [0.15, 0.2) is 12.8 Å². The molecule has 1 aliphatic heterocycles. The highest BCUT2D eigenvalue weighted by Crippen LogP contribution is 2.03. The van der Waals surface area contributed by atoms with Crippen LogP contribution in [-0.2, 0) is 4.79 Å². The Hall–Kier alpha value is -2.25. The summed E-state index contributed by atoms with van der Waals surface area (Å²) in [5.41, 5.74) is 1.25. The van der Waals surface area contributed by atoms with Crippen molar-refractivity contribution in [3.05, 3.63) is 53.6 Å². The summed E-state index contributed by atoms with van der Waals surface area (Å²) in [5, 5.41) is 0. The summed E-state index contributed by atoms with van der Waals surface area (Å²) in [6.07, 6.45) is 5.26. The van der Waals surface area contributed by atoms with Crippen LogP contribution in [0.25, 0.3) is 0 Å². The van der Waals surface area contributed by atoms with E-state index in [1.165, 1.54) is 0 Å². The molecule has 0 N–H and O–H groups in total. The van der Waals surface area contributed by atoms with Gasteiger partial charge >= 0.3 is 0 Å². The largest absolute Gasteiger partial charge is 0.287 e. The first-order chi connectivity index (χ1) is 8.29. The van der Waals surface area contributed by atoms with Crippen LogP contribution in [0.15, 0.2) is 48.1 Å². The third-order valence-corrected chi connectivity index (χ3v) is 2.54. The zero-order valence-corrected chi connectivity index (χ0v) is 9.30. The predicted octanol–water partition coefficient (Wildman–Crippen LogP) is 1.28. The highest BCUT2D eigenvalue weighted by molar-refractivity contribution is 5.97. The summed E-state index contributed by atoms with van der Waals surface area (Å²) < 4.78 is 1.80. The maximum absolute atomic E-state index is 11.9. The van der Waals surface area contributed by atoms with Crippen LogP contribution in [0.3, 0.4) is 0 Å². The van der Waals surface area contributed by atoms with Gasteiger partial charge in [-0.1, -0.05) is 30.3 Å². The van der Waals surface area contributed by atoms with Crippen LogP contribution in [-0.4, -0.2) is 35.6 Å². The van der Waals surface area contributed by atoms with E-state index in [1.807, 2.05) is 30.4 Å². The van der Waals surface area contributed by atoms with E-state index in [1.54, 1.807) is 28.9 Å². The Morgan fingerprint density at radius 2 is 2.06 bits per heavy atom. The summed E-state index contributed by atoms with van der Waals surface area (Å²) in [6, 6.07) is 9.13. The van der Waals surface area contributed by atoms with E-state index in [-0.39, 0.29) is 12.3 Å². The fourth-order valence-corrected chi connectivity index (χ4v) is 1.68. The summed E-state index contributed by atoms with van der Waals surface area (Å²) in [5.74, 6) is 1.90. The SMILES string of the molecule is O=C=C1C=CC=[N+](CC(=O)c2ccccc2)C1. The molecule has 0 aliphatic carbocycles. The molecule has 0 amide bonds. The molecule has 1 aromatic carbocycles. The van der Waals surface area contributed by atoms with Gasteiger partial charge in [-0.3, -0.25) is 4.79 Å². The second-order valence-corrected chi connectivity index (χ2v) is 3.83. The number of carbonyl (C=O) groups is 1. The van der Waals surface area contributed by atoms with Crippen LogP contribution in [0.4, 0.5) is 0 Å². The quantitative estimate of drug-likeness (QED) is 0.442. The number of rotatable bonds is 3. The number of allylic oxidation sites excluding steroid dienone is 1. The van der Waals surface area contributed by atoms with Gasteiger partial charge in [-0.05, 0) is 6.08 Å². The average Bonchev–Trinajstić information content (AvgIpc) is 2.40. The van der Waals surface area contributed by atoms with Crippen LogP contribution >= 0.6 is 0 Å². The number of hydrogen-bond acceptors (Lipinski definition) is 2. The van der Waals surface area contributed by atoms with Crippen molar-refractivity contribution in [3.8, 4) is 0 Å². The first-order valence-electron chi connectivity index (χ1n) is 5.37. The summed E-state index contributed by atoms with van der Waals surface area (Å²) in [4.78, 5) is 22.4. The van der Waals surface area contributed by atoms with Crippen molar-refractivity contribution in [2.24, 2.45) is 0 Å². The number of ketones is 1. The topological polar surface area (TPSA) is 37.1 Å². The molecule has 3 heteroatoms. The van der Waals surface area contributed by atoms with Crippen LogP contribution in [0.5, 0.6) is 0 Å². The van der Waals surface area contributed by atoms with E-state index < -0.39 is 0 Å². The number of Topliss-reactive ketones (excluding diaryl/α,β-unsaturated/α-hetero) is 1. The molecule has 0 radical (unpaired) electrons. The molecule has 0 fully saturated rings. The third-order valence-electron chi connectivity index (χ3n) is 2.54. The molecule has 0 saturated carbocycles. The fraction of sp³-hybridized carbons (Fsp3) is 0.143. The van der Waals surface area contributed by atoms with Gasteiger partial charge in [-0.2, -0.15) is 0 Å². The molecule has 2 rings (SSSR count). The Morgan fingerprint density at radius 1 is 1.29 bits per heavy atom. The molecular formula is C14H12NO2+. The first-order valence-corrected chi connectivity index (χ1v) is 5.37. The zero-order valence-electron chi connectivity index (χ0n) is 9.30.